The van der Waals surface area contributed by atoms with Gasteiger partial charge in [-0.1, -0.05) is 49.4 Å². The van der Waals surface area contributed by atoms with Gasteiger partial charge in [-0.2, -0.15) is 5.26 Å². The Morgan fingerprint density at radius 3 is 2.61 bits per heavy atom. The molecule has 0 aliphatic rings. The van der Waals surface area contributed by atoms with Gasteiger partial charge in [-0.3, -0.25) is 0 Å². The lowest BCUT2D eigenvalue weighted by molar-refractivity contribution is 0.275. The first-order valence-electron chi connectivity index (χ1n) is 9.37. The number of nitrogens with zero attached hydrogens (tertiary/aromatic N) is 1. The van der Waals surface area contributed by atoms with Crippen molar-refractivity contribution in [2.24, 2.45) is 0 Å². The molecule has 3 nitrogen and oxygen atoms in total. The maximum atomic E-state index is 9.83. The summed E-state index contributed by atoms with van der Waals surface area (Å²) in [4.78, 5) is 0. The molecule has 0 N–H and O–H groups in total. The molecule has 28 heavy (non-hydrogen) atoms. The van der Waals surface area contributed by atoms with Gasteiger partial charge >= 0.3 is 0 Å². The van der Waals surface area contributed by atoms with Gasteiger partial charge in [0.05, 0.1) is 29.3 Å². The highest BCUT2D eigenvalue weighted by Crippen LogP contribution is 2.38. The van der Waals surface area contributed by atoms with Gasteiger partial charge in [0.1, 0.15) is 0 Å². The number of benzene rings is 3. The molecule has 0 aromatic heterocycles. The van der Waals surface area contributed by atoms with E-state index in [1.165, 1.54) is 0 Å². The largest absolute Gasteiger partial charge is 0.490 e. The zero-order valence-electron chi connectivity index (χ0n) is 16.0. The molecule has 0 unspecified atom stereocenters. The van der Waals surface area contributed by atoms with Gasteiger partial charge in [-0.15, -0.1) is 0 Å². The summed E-state index contributed by atoms with van der Waals surface area (Å²) >= 11 is 3.59. The monoisotopic (exact) mass is 435 g/mol. The van der Waals surface area contributed by atoms with Crippen LogP contribution in [0.3, 0.4) is 0 Å². The van der Waals surface area contributed by atoms with Gasteiger partial charge in [-0.05, 0) is 63.8 Å². The molecule has 0 saturated heterocycles. The van der Waals surface area contributed by atoms with E-state index >= 15 is 0 Å². The molecule has 0 fully saturated rings. The maximum absolute atomic E-state index is 9.83. The summed E-state index contributed by atoms with van der Waals surface area (Å²) in [5, 5.41) is 12.0. The van der Waals surface area contributed by atoms with Gasteiger partial charge in [-0.25, -0.2) is 0 Å². The van der Waals surface area contributed by atoms with E-state index in [4.69, 9.17) is 9.47 Å². The van der Waals surface area contributed by atoms with Crippen molar-refractivity contribution in [3.05, 3.63) is 70.2 Å². The van der Waals surface area contributed by atoms with Crippen molar-refractivity contribution < 1.29 is 9.47 Å². The molecule has 3 rings (SSSR count). The van der Waals surface area contributed by atoms with Gasteiger partial charge in [0.15, 0.2) is 11.5 Å². The highest BCUT2D eigenvalue weighted by atomic mass is 79.9. The van der Waals surface area contributed by atoms with E-state index in [9.17, 15) is 5.26 Å². The van der Waals surface area contributed by atoms with Crippen molar-refractivity contribution in [3.63, 3.8) is 0 Å². The number of ether oxygens (including phenoxy) is 2. The van der Waals surface area contributed by atoms with Crippen LogP contribution in [0.2, 0.25) is 0 Å². The predicted octanol–water partition coefficient (Wildman–Crippen LogP) is 6.85. The molecular weight excluding hydrogens is 414 g/mol. The molecule has 0 aliphatic carbocycles. The highest BCUT2D eigenvalue weighted by molar-refractivity contribution is 9.10. The predicted molar refractivity (Wildman–Crippen MR) is 119 cm³/mol. The fourth-order valence-electron chi connectivity index (χ4n) is 3.08. The SMILES string of the molecule is CCCOc1c(Br)cc(/C=C(\C#N)c2cccc3ccccc23)cc1OCC. The van der Waals surface area contributed by atoms with Crippen molar-refractivity contribution >= 4 is 38.4 Å². The third-order valence-electron chi connectivity index (χ3n) is 4.29. The summed E-state index contributed by atoms with van der Waals surface area (Å²) in [6.45, 7) is 5.16. The summed E-state index contributed by atoms with van der Waals surface area (Å²) in [7, 11) is 0. The number of nitriles is 1. The maximum Gasteiger partial charge on any atom is 0.175 e. The van der Waals surface area contributed by atoms with E-state index in [2.05, 4.69) is 41.1 Å². The van der Waals surface area contributed by atoms with Gasteiger partial charge in [0, 0.05) is 5.56 Å². The van der Waals surface area contributed by atoms with E-state index in [0.717, 1.165) is 32.8 Å². The minimum absolute atomic E-state index is 0.538. The van der Waals surface area contributed by atoms with E-state index in [1.54, 1.807) is 0 Å². The van der Waals surface area contributed by atoms with E-state index in [0.29, 0.717) is 30.3 Å². The zero-order chi connectivity index (χ0) is 19.9. The smallest absolute Gasteiger partial charge is 0.175 e. The molecule has 142 valence electrons. The summed E-state index contributed by atoms with van der Waals surface area (Å²) in [6, 6.07) is 20.3. The van der Waals surface area contributed by atoms with Crippen molar-refractivity contribution in [1.29, 1.82) is 5.26 Å². The number of hydrogen-bond donors (Lipinski definition) is 0. The fraction of sp³-hybridized carbons (Fsp3) is 0.208. The standard InChI is InChI=1S/C24H22BrNO2/c1-3-12-28-24-22(25)14-17(15-23(24)27-4-2)13-19(16-26)21-11-7-9-18-8-5-6-10-20(18)21/h5-11,13-15H,3-4,12H2,1-2H3/b19-13+. The van der Waals surface area contributed by atoms with Crippen molar-refractivity contribution in [1.82, 2.24) is 0 Å². The number of allylic oxidation sites excluding steroid dienone is 1. The minimum Gasteiger partial charge on any atom is -0.490 e. The van der Waals surface area contributed by atoms with Crippen LogP contribution in [0.4, 0.5) is 0 Å². The molecule has 0 spiro atoms. The second-order valence-corrected chi connectivity index (χ2v) is 7.16. The van der Waals surface area contributed by atoms with Crippen LogP contribution in [0.1, 0.15) is 31.4 Å². The summed E-state index contributed by atoms with van der Waals surface area (Å²) in [5.74, 6) is 1.37. The lowest BCUT2D eigenvalue weighted by atomic mass is 9.97. The number of hydrogen-bond acceptors (Lipinski definition) is 3. The minimum atomic E-state index is 0.538. The molecular formula is C24H22BrNO2. The van der Waals surface area contributed by atoms with Crippen LogP contribution in [-0.4, -0.2) is 13.2 Å². The van der Waals surface area contributed by atoms with Gasteiger partial charge in [0.2, 0.25) is 0 Å². The van der Waals surface area contributed by atoms with Crippen LogP contribution >= 0.6 is 15.9 Å². The molecule has 0 bridgehead atoms. The number of halogens is 1. The van der Waals surface area contributed by atoms with Gasteiger partial charge in [0.25, 0.3) is 0 Å². The lowest BCUT2D eigenvalue weighted by Crippen LogP contribution is -2.01. The third-order valence-corrected chi connectivity index (χ3v) is 4.88. The molecule has 3 aromatic rings. The second kappa shape index (κ2) is 9.43. The molecule has 3 aromatic carbocycles. The molecule has 0 heterocycles. The van der Waals surface area contributed by atoms with Crippen LogP contribution in [0.15, 0.2) is 59.1 Å². The Hall–Kier alpha value is -2.77. The number of fused-ring (bicyclic) bond motifs is 1. The Kier molecular flexibility index (Phi) is 6.73. The molecule has 4 heteroatoms. The molecule has 0 saturated carbocycles. The average Bonchev–Trinajstić information content (AvgIpc) is 2.71. The third kappa shape index (κ3) is 4.37. The molecule has 0 aliphatic heterocycles. The molecule has 0 atom stereocenters. The van der Waals surface area contributed by atoms with Crippen LogP contribution in [0.5, 0.6) is 11.5 Å². The van der Waals surface area contributed by atoms with Crippen LogP contribution in [0.25, 0.3) is 22.4 Å². The lowest BCUT2D eigenvalue weighted by Gasteiger charge is -2.14. The average molecular weight is 436 g/mol. The van der Waals surface area contributed by atoms with E-state index in [-0.39, 0.29) is 0 Å². The Morgan fingerprint density at radius 2 is 1.86 bits per heavy atom. The van der Waals surface area contributed by atoms with Crippen molar-refractivity contribution in [2.75, 3.05) is 13.2 Å². The Labute approximate surface area is 174 Å². The second-order valence-electron chi connectivity index (χ2n) is 6.31. The van der Waals surface area contributed by atoms with Crippen LogP contribution in [-0.2, 0) is 0 Å². The summed E-state index contributed by atoms with van der Waals surface area (Å²) in [6.07, 6.45) is 2.80. The Balaban J connectivity index is 2.08. The Bertz CT molecular complexity index is 1040. The fourth-order valence-corrected chi connectivity index (χ4v) is 3.65. The Morgan fingerprint density at radius 1 is 1.07 bits per heavy atom. The first kappa shape index (κ1) is 20.0. The summed E-state index contributed by atoms with van der Waals surface area (Å²) in [5.41, 5.74) is 2.40. The van der Waals surface area contributed by atoms with Crippen molar-refractivity contribution in [3.8, 4) is 17.6 Å². The highest BCUT2D eigenvalue weighted by Gasteiger charge is 2.13. The van der Waals surface area contributed by atoms with Gasteiger partial charge < -0.3 is 9.47 Å². The van der Waals surface area contributed by atoms with E-state index < -0.39 is 0 Å². The zero-order valence-corrected chi connectivity index (χ0v) is 17.6. The topological polar surface area (TPSA) is 42.2 Å². The number of rotatable bonds is 7. The van der Waals surface area contributed by atoms with E-state index in [1.807, 2.05) is 55.5 Å². The quantitative estimate of drug-likeness (QED) is 0.300. The summed E-state index contributed by atoms with van der Waals surface area (Å²) < 4.78 is 12.4. The molecule has 0 amide bonds. The normalized spacial score (nSPS) is 11.3. The first-order chi connectivity index (χ1) is 13.7. The van der Waals surface area contributed by atoms with Crippen LogP contribution in [0, 0.1) is 11.3 Å². The first-order valence-corrected chi connectivity index (χ1v) is 10.2. The molecule has 0 radical (unpaired) electrons. The van der Waals surface area contributed by atoms with Crippen molar-refractivity contribution in [2.45, 2.75) is 20.3 Å². The van der Waals surface area contributed by atoms with Crippen LogP contribution < -0.4 is 9.47 Å².